The van der Waals surface area contributed by atoms with Gasteiger partial charge in [0.1, 0.15) is 12.0 Å². The summed E-state index contributed by atoms with van der Waals surface area (Å²) < 4.78 is 5.12. The van der Waals surface area contributed by atoms with Gasteiger partial charge in [0.25, 0.3) is 0 Å². The molecule has 0 saturated heterocycles. The monoisotopic (exact) mass is 854 g/mol. The fourth-order valence-electron chi connectivity index (χ4n) is 12.5. The topological polar surface area (TPSA) is 34.2 Å². The van der Waals surface area contributed by atoms with Gasteiger partial charge in [-0.1, -0.05) is 194 Å². The van der Waals surface area contributed by atoms with E-state index in [4.69, 9.17) is 4.99 Å². The molecule has 2 aromatic heterocycles. The Kier molecular flexibility index (Phi) is 7.57. The standard InChI is InChI=1S/C63H42N4/c1-3-18-40(19-4-1)54-38-57(65-62(64-54)41-20-5-2-6-21-41)67-56-30-16-12-24-45(56)47-34-36-53-59(61(47)67)49-26-10-14-28-51(49)63(53)50-27-13-9-25-48(50)58-52(63)35-33-46-44-23-11-15-29-55(44)66(60(46)58)43-32-31-39-17-7-8-22-42(39)37-43/h1-14,16-28,30-38,62,65H,15,29H2. The number of fused-ring (bicyclic) bond motifs is 19. The number of hydrogen-bond acceptors (Lipinski definition) is 2. The van der Waals surface area contributed by atoms with E-state index >= 15 is 0 Å². The Balaban J connectivity index is 1.05. The van der Waals surface area contributed by atoms with Gasteiger partial charge in [0.05, 0.1) is 27.7 Å². The molecule has 11 aromatic rings. The molecule has 1 N–H and O–H groups in total. The number of aromatic nitrogens is 2. The first-order chi connectivity index (χ1) is 33.3. The van der Waals surface area contributed by atoms with E-state index < -0.39 is 5.41 Å². The molecule has 1 spiro atoms. The van der Waals surface area contributed by atoms with E-state index in [0.29, 0.717) is 0 Å². The third-order valence-corrected chi connectivity index (χ3v) is 15.2. The number of para-hydroxylation sites is 1. The molecule has 0 saturated carbocycles. The van der Waals surface area contributed by atoms with Gasteiger partial charge < -0.3 is 9.88 Å². The molecule has 2 unspecified atom stereocenters. The van der Waals surface area contributed by atoms with Crippen LogP contribution in [0.1, 0.15) is 57.2 Å². The molecule has 2 atom stereocenters. The fraction of sp³-hybridized carbons (Fsp3) is 0.0635. The third-order valence-electron chi connectivity index (χ3n) is 15.2. The van der Waals surface area contributed by atoms with Crippen molar-refractivity contribution in [2.24, 2.45) is 4.99 Å². The molecule has 3 heterocycles. The molecule has 4 aliphatic rings. The first kappa shape index (κ1) is 36.8. The predicted octanol–water partition coefficient (Wildman–Crippen LogP) is 14.8. The molecule has 15 rings (SSSR count). The van der Waals surface area contributed by atoms with E-state index in [1.54, 1.807) is 0 Å². The van der Waals surface area contributed by atoms with Gasteiger partial charge in [0.15, 0.2) is 0 Å². The number of nitrogens with one attached hydrogen (secondary N) is 1. The van der Waals surface area contributed by atoms with Crippen LogP contribution in [0.5, 0.6) is 0 Å². The number of aliphatic imine (C=N–C) groups is 1. The molecule has 1 aliphatic heterocycles. The molecule has 4 heteroatoms. The van der Waals surface area contributed by atoms with Crippen molar-refractivity contribution in [3.05, 3.63) is 257 Å². The smallest absolute Gasteiger partial charge is 0.146 e. The molecule has 4 nitrogen and oxygen atoms in total. The second-order valence-electron chi connectivity index (χ2n) is 18.5. The molecule has 0 fully saturated rings. The Bertz CT molecular complexity index is 4010. The van der Waals surface area contributed by atoms with Gasteiger partial charge in [-0.2, -0.15) is 0 Å². The number of benzene rings is 9. The highest BCUT2D eigenvalue weighted by Crippen LogP contribution is 2.65. The van der Waals surface area contributed by atoms with Gasteiger partial charge in [0.2, 0.25) is 0 Å². The van der Waals surface area contributed by atoms with E-state index in [-0.39, 0.29) is 6.17 Å². The maximum absolute atomic E-state index is 5.36. The Morgan fingerprint density at radius 2 is 1.16 bits per heavy atom. The van der Waals surface area contributed by atoms with Gasteiger partial charge >= 0.3 is 0 Å². The van der Waals surface area contributed by atoms with Crippen LogP contribution in [0, 0.1) is 0 Å². The molecular formula is C63H42N4. The SMILES string of the molecule is C1=Cc2c(n(-c3ccc4ccccc4c3)c3c4c(ccc23)C2(c3ccccc3-4)c3ccccc3-c3c2ccc2c4ccccc4n(C4=CC(c5ccccc5)=NC(c5ccccc5)N4)c32)CC1. The van der Waals surface area contributed by atoms with Crippen molar-refractivity contribution < 1.29 is 0 Å². The summed E-state index contributed by atoms with van der Waals surface area (Å²) in [6, 6.07) is 74.2. The maximum Gasteiger partial charge on any atom is 0.146 e. The van der Waals surface area contributed by atoms with Gasteiger partial charge in [-0.05, 0) is 86.3 Å². The van der Waals surface area contributed by atoms with Crippen LogP contribution in [0.4, 0.5) is 0 Å². The lowest BCUT2D eigenvalue weighted by molar-refractivity contribution is 0.646. The minimum atomic E-state index is -0.562. The van der Waals surface area contributed by atoms with Gasteiger partial charge in [-0.3, -0.25) is 9.56 Å². The highest BCUT2D eigenvalue weighted by molar-refractivity contribution is 6.19. The number of rotatable bonds is 4. The molecule has 0 amide bonds. The summed E-state index contributed by atoms with van der Waals surface area (Å²) in [5.41, 5.74) is 20.7. The Morgan fingerprint density at radius 1 is 0.522 bits per heavy atom. The minimum Gasteiger partial charge on any atom is -0.346 e. The second kappa shape index (κ2) is 13.8. The van der Waals surface area contributed by atoms with Crippen LogP contribution in [-0.2, 0) is 11.8 Å². The molecule has 0 bridgehead atoms. The predicted molar refractivity (Wildman–Crippen MR) is 277 cm³/mol. The zero-order chi connectivity index (χ0) is 43.8. The summed E-state index contributed by atoms with van der Waals surface area (Å²) in [4.78, 5) is 5.36. The lowest BCUT2D eigenvalue weighted by Gasteiger charge is -2.30. The first-order valence-corrected chi connectivity index (χ1v) is 23.6. The van der Waals surface area contributed by atoms with Crippen molar-refractivity contribution in [3.8, 4) is 27.9 Å². The number of hydrogen-bond donors (Lipinski definition) is 1. The molecule has 0 radical (unpaired) electrons. The molecule has 67 heavy (non-hydrogen) atoms. The Labute approximate surface area is 388 Å². The van der Waals surface area contributed by atoms with Crippen LogP contribution in [0.3, 0.4) is 0 Å². The average molecular weight is 855 g/mol. The zero-order valence-corrected chi connectivity index (χ0v) is 36.6. The van der Waals surface area contributed by atoms with E-state index in [2.05, 4.69) is 233 Å². The second-order valence-corrected chi connectivity index (χ2v) is 18.5. The Morgan fingerprint density at radius 3 is 1.94 bits per heavy atom. The van der Waals surface area contributed by atoms with Gasteiger partial charge in [0, 0.05) is 50.3 Å². The van der Waals surface area contributed by atoms with Crippen LogP contribution >= 0.6 is 0 Å². The Hall–Kier alpha value is -8.47. The summed E-state index contributed by atoms with van der Waals surface area (Å²) in [7, 11) is 0. The highest BCUT2D eigenvalue weighted by atomic mass is 15.2. The maximum atomic E-state index is 5.36. The van der Waals surface area contributed by atoms with Crippen LogP contribution in [0.15, 0.2) is 217 Å². The van der Waals surface area contributed by atoms with E-state index in [1.807, 2.05) is 0 Å². The summed E-state index contributed by atoms with van der Waals surface area (Å²) in [6.07, 6.45) is 8.73. The first-order valence-electron chi connectivity index (χ1n) is 23.6. The van der Waals surface area contributed by atoms with Crippen molar-refractivity contribution in [2.75, 3.05) is 0 Å². The van der Waals surface area contributed by atoms with E-state index in [0.717, 1.165) is 41.0 Å². The van der Waals surface area contributed by atoms with Gasteiger partial charge in [-0.25, -0.2) is 0 Å². The molecule has 9 aromatic carbocycles. The highest BCUT2D eigenvalue weighted by Gasteiger charge is 2.53. The van der Waals surface area contributed by atoms with Gasteiger partial charge in [-0.15, -0.1) is 0 Å². The number of nitrogens with zero attached hydrogens (tertiary/aromatic N) is 3. The molecular weight excluding hydrogens is 813 g/mol. The van der Waals surface area contributed by atoms with Crippen molar-refractivity contribution in [1.29, 1.82) is 0 Å². The van der Waals surface area contributed by atoms with Crippen molar-refractivity contribution in [2.45, 2.75) is 24.4 Å². The van der Waals surface area contributed by atoms with Crippen LogP contribution in [0.2, 0.25) is 0 Å². The largest absolute Gasteiger partial charge is 0.346 e. The lowest BCUT2D eigenvalue weighted by Crippen LogP contribution is -2.28. The third kappa shape index (κ3) is 4.94. The number of allylic oxidation sites excluding steroid dienone is 2. The summed E-state index contributed by atoms with van der Waals surface area (Å²) in [6.45, 7) is 0. The van der Waals surface area contributed by atoms with Crippen LogP contribution in [0.25, 0.3) is 83.3 Å². The fourth-order valence-corrected chi connectivity index (χ4v) is 12.5. The lowest BCUT2D eigenvalue weighted by atomic mass is 9.70. The molecule has 3 aliphatic carbocycles. The van der Waals surface area contributed by atoms with Crippen molar-refractivity contribution in [3.63, 3.8) is 0 Å². The summed E-state index contributed by atoms with van der Waals surface area (Å²) >= 11 is 0. The van der Waals surface area contributed by atoms with E-state index in [9.17, 15) is 0 Å². The minimum absolute atomic E-state index is 0.279. The molecule has 314 valence electrons. The van der Waals surface area contributed by atoms with E-state index in [1.165, 1.54) is 99.4 Å². The van der Waals surface area contributed by atoms with Crippen LogP contribution < -0.4 is 5.32 Å². The van der Waals surface area contributed by atoms with Crippen molar-refractivity contribution >= 4 is 61.1 Å². The summed E-state index contributed by atoms with van der Waals surface area (Å²) in [5, 5.41) is 10.2. The van der Waals surface area contributed by atoms with Crippen molar-refractivity contribution in [1.82, 2.24) is 14.5 Å². The average Bonchev–Trinajstić information content (AvgIpc) is 4.11. The zero-order valence-electron chi connectivity index (χ0n) is 36.6. The normalized spacial score (nSPS) is 17.6. The summed E-state index contributed by atoms with van der Waals surface area (Å²) in [5.74, 6) is 1.00. The quantitative estimate of drug-likeness (QED) is 0.188. The van der Waals surface area contributed by atoms with Crippen LogP contribution in [-0.4, -0.2) is 14.8 Å².